The number of nitrogens with zero attached hydrogens (tertiary/aromatic N) is 3. The average molecular weight is 261 g/mol. The normalized spacial score (nSPS) is 30.7. The summed E-state index contributed by atoms with van der Waals surface area (Å²) >= 11 is 0. The molecule has 19 heavy (non-hydrogen) atoms. The first-order valence-electron chi connectivity index (χ1n) is 6.35. The first kappa shape index (κ1) is 12.3. The molecule has 1 aromatic carbocycles. The highest BCUT2D eigenvalue weighted by Gasteiger charge is 2.45. The summed E-state index contributed by atoms with van der Waals surface area (Å²) < 4.78 is 1.67. The summed E-state index contributed by atoms with van der Waals surface area (Å²) in [5, 5.41) is 29.9. The molecule has 4 N–H and O–H groups in total. The summed E-state index contributed by atoms with van der Waals surface area (Å²) in [5.74, 6) is 0. The Balaban J connectivity index is 1.86. The van der Waals surface area contributed by atoms with Crippen molar-refractivity contribution in [3.8, 4) is 5.69 Å². The van der Waals surface area contributed by atoms with E-state index in [9.17, 15) is 10.2 Å². The van der Waals surface area contributed by atoms with Crippen LogP contribution in [0.5, 0.6) is 0 Å². The molecule has 2 heterocycles. The van der Waals surface area contributed by atoms with E-state index in [1.54, 1.807) is 10.9 Å². The van der Waals surface area contributed by atoms with Crippen molar-refractivity contribution in [1.29, 1.82) is 0 Å². The topological polar surface area (TPSA) is 87.8 Å². The Morgan fingerprint density at radius 3 is 2.53 bits per heavy atom. The zero-order valence-corrected chi connectivity index (χ0v) is 10.6. The molecule has 2 aromatic rings. The predicted octanol–water partition coefficient (Wildman–Crippen LogP) is -1.00. The second kappa shape index (κ2) is 4.73. The van der Waals surface area contributed by atoms with Gasteiger partial charge in [-0.05, 0) is 19.1 Å². The van der Waals surface area contributed by atoms with Crippen LogP contribution in [0.15, 0.2) is 36.5 Å². The molecule has 6 heteroatoms. The maximum atomic E-state index is 10.0. The van der Waals surface area contributed by atoms with Crippen LogP contribution in [0.25, 0.3) is 5.69 Å². The first-order valence-corrected chi connectivity index (χ1v) is 6.35. The Morgan fingerprint density at radius 2 is 1.89 bits per heavy atom. The Kier molecular flexibility index (Phi) is 3.06. The van der Waals surface area contributed by atoms with Gasteiger partial charge in [-0.15, -0.1) is 5.10 Å². The van der Waals surface area contributed by atoms with E-state index in [1.165, 1.54) is 0 Å². The lowest BCUT2D eigenvalue weighted by Gasteiger charge is -2.08. The highest BCUT2D eigenvalue weighted by atomic mass is 16.3. The van der Waals surface area contributed by atoms with Crippen molar-refractivity contribution >= 4 is 0 Å². The van der Waals surface area contributed by atoms with Gasteiger partial charge in [-0.2, -0.15) is 0 Å². The number of aliphatic hydroxyl groups excluding tert-OH is 2. The lowest BCUT2D eigenvalue weighted by molar-refractivity contribution is -0.710. The van der Waals surface area contributed by atoms with Gasteiger partial charge in [-0.3, -0.25) is 0 Å². The molecule has 100 valence electrons. The van der Waals surface area contributed by atoms with Crippen LogP contribution in [0.1, 0.15) is 18.7 Å². The summed E-state index contributed by atoms with van der Waals surface area (Å²) in [4.78, 5) is 0. The Labute approximate surface area is 110 Å². The van der Waals surface area contributed by atoms with Gasteiger partial charge < -0.3 is 15.5 Å². The molecule has 1 fully saturated rings. The molecule has 0 radical (unpaired) electrons. The third-order valence-electron chi connectivity index (χ3n) is 3.64. The smallest absolute Gasteiger partial charge is 0.161 e. The lowest BCUT2D eigenvalue weighted by atomic mass is 10.1. The van der Waals surface area contributed by atoms with Gasteiger partial charge in [-0.25, -0.2) is 4.68 Å². The van der Waals surface area contributed by atoms with Gasteiger partial charge in [0.15, 0.2) is 6.04 Å². The van der Waals surface area contributed by atoms with E-state index in [-0.39, 0.29) is 12.1 Å². The van der Waals surface area contributed by atoms with Crippen molar-refractivity contribution in [3.63, 3.8) is 0 Å². The number of hydrogen-bond acceptors (Lipinski definition) is 4. The van der Waals surface area contributed by atoms with E-state index >= 15 is 0 Å². The van der Waals surface area contributed by atoms with Crippen molar-refractivity contribution in [3.05, 3.63) is 42.2 Å². The number of hydrogen-bond donors (Lipinski definition) is 3. The summed E-state index contributed by atoms with van der Waals surface area (Å²) in [6, 6.07) is 9.37. The molecule has 6 nitrogen and oxygen atoms in total. The fourth-order valence-corrected chi connectivity index (χ4v) is 2.49. The minimum atomic E-state index is -0.809. The third kappa shape index (κ3) is 2.14. The van der Waals surface area contributed by atoms with Crippen molar-refractivity contribution in [2.45, 2.75) is 31.2 Å². The van der Waals surface area contributed by atoms with Crippen LogP contribution in [0, 0.1) is 0 Å². The highest BCUT2D eigenvalue weighted by molar-refractivity contribution is 5.30. The lowest BCUT2D eigenvalue weighted by Crippen LogP contribution is -2.88. The molecule has 0 amide bonds. The molecular weight excluding hydrogens is 244 g/mol. The van der Waals surface area contributed by atoms with Gasteiger partial charge in [-0.1, -0.05) is 23.4 Å². The van der Waals surface area contributed by atoms with E-state index in [0.717, 1.165) is 5.69 Å². The van der Waals surface area contributed by atoms with Crippen LogP contribution in [0.4, 0.5) is 0 Å². The maximum Gasteiger partial charge on any atom is 0.161 e. The van der Waals surface area contributed by atoms with E-state index in [1.807, 2.05) is 42.6 Å². The van der Waals surface area contributed by atoms with Gasteiger partial charge >= 0.3 is 0 Å². The minimum Gasteiger partial charge on any atom is -0.384 e. The van der Waals surface area contributed by atoms with Crippen molar-refractivity contribution in [2.75, 3.05) is 0 Å². The second-order valence-corrected chi connectivity index (χ2v) is 4.98. The van der Waals surface area contributed by atoms with E-state index in [2.05, 4.69) is 10.3 Å². The predicted molar refractivity (Wildman–Crippen MR) is 67.5 cm³/mol. The molecule has 0 aliphatic carbocycles. The van der Waals surface area contributed by atoms with Crippen LogP contribution in [0.3, 0.4) is 0 Å². The molecule has 0 spiro atoms. The molecule has 0 unspecified atom stereocenters. The molecule has 1 aliphatic heterocycles. The highest BCUT2D eigenvalue weighted by Crippen LogP contribution is 2.20. The molecule has 3 rings (SSSR count). The molecule has 1 saturated heterocycles. The molecule has 0 bridgehead atoms. The number of nitrogens with two attached hydrogens (primary N) is 1. The number of benzene rings is 1. The molecule has 1 aromatic heterocycles. The molecule has 0 saturated carbocycles. The van der Waals surface area contributed by atoms with Crippen molar-refractivity contribution < 1.29 is 15.5 Å². The van der Waals surface area contributed by atoms with Gasteiger partial charge in [0.1, 0.15) is 23.9 Å². The maximum absolute atomic E-state index is 10.0. The van der Waals surface area contributed by atoms with E-state index < -0.39 is 12.2 Å². The SMILES string of the molecule is C[C@@H]1[NH2+][C@@H](c2cn(-c3ccccc3)nn2)[C@H](O)[C@@H]1O. The fourth-order valence-electron chi connectivity index (χ4n) is 2.49. The summed E-state index contributed by atoms with van der Waals surface area (Å²) in [6.07, 6.45) is 0.257. The number of rotatable bonds is 2. The number of para-hydroxylation sites is 1. The Morgan fingerprint density at radius 1 is 1.16 bits per heavy atom. The molecule has 4 atom stereocenters. The number of quaternary nitrogens is 1. The molecule has 1 aliphatic rings. The van der Waals surface area contributed by atoms with E-state index in [4.69, 9.17) is 0 Å². The van der Waals surface area contributed by atoms with Crippen LogP contribution in [0.2, 0.25) is 0 Å². The molecular formula is C13H17N4O2+. The average Bonchev–Trinajstić information content (AvgIpc) is 3.01. The van der Waals surface area contributed by atoms with Crippen LogP contribution >= 0.6 is 0 Å². The van der Waals surface area contributed by atoms with Gasteiger partial charge in [0.2, 0.25) is 0 Å². The first-order chi connectivity index (χ1) is 9.16. The zero-order valence-electron chi connectivity index (χ0n) is 10.6. The second-order valence-electron chi connectivity index (χ2n) is 4.98. The fraction of sp³-hybridized carbons (Fsp3) is 0.385. The summed E-state index contributed by atoms with van der Waals surface area (Å²) in [6.45, 7) is 1.88. The Hall–Kier alpha value is -1.76. The number of aromatic nitrogens is 3. The summed E-state index contributed by atoms with van der Waals surface area (Å²) in [7, 11) is 0. The van der Waals surface area contributed by atoms with Crippen molar-refractivity contribution in [2.24, 2.45) is 0 Å². The largest absolute Gasteiger partial charge is 0.384 e. The van der Waals surface area contributed by atoms with E-state index in [0.29, 0.717) is 5.69 Å². The standard InChI is InChI=1S/C13H16N4O2/c1-8-12(18)13(19)11(14-8)10-7-17(16-15-10)9-5-3-2-4-6-9/h2-8,11-14,18-19H,1H3/p+1/t8-,11-,12+,13-/m0/s1. The minimum absolute atomic E-state index is 0.0399. The zero-order chi connectivity index (χ0) is 13.4. The van der Waals surface area contributed by atoms with Gasteiger partial charge in [0, 0.05) is 0 Å². The van der Waals surface area contributed by atoms with Crippen LogP contribution in [-0.4, -0.2) is 43.5 Å². The summed E-state index contributed by atoms with van der Waals surface area (Å²) in [5.41, 5.74) is 1.60. The third-order valence-corrected chi connectivity index (χ3v) is 3.64. The van der Waals surface area contributed by atoms with Crippen molar-refractivity contribution in [1.82, 2.24) is 15.0 Å². The Bertz CT molecular complexity index is 557. The number of aliphatic hydroxyl groups is 2. The van der Waals surface area contributed by atoms with Crippen LogP contribution in [-0.2, 0) is 0 Å². The van der Waals surface area contributed by atoms with Gasteiger partial charge in [0.25, 0.3) is 0 Å². The monoisotopic (exact) mass is 261 g/mol. The van der Waals surface area contributed by atoms with Crippen LogP contribution < -0.4 is 5.32 Å². The van der Waals surface area contributed by atoms with Gasteiger partial charge in [0.05, 0.1) is 11.9 Å². The quantitative estimate of drug-likeness (QED) is 0.647.